The lowest BCUT2D eigenvalue weighted by atomic mass is 10.1. The molecule has 1 aliphatic heterocycles. The largest absolute Gasteiger partial charge is 0.494 e. The van der Waals surface area contributed by atoms with Crippen LogP contribution in [0.15, 0.2) is 42.5 Å². The Hall–Kier alpha value is -3.42. The molecule has 3 rings (SSSR count). The Labute approximate surface area is 162 Å². The molecule has 0 aromatic heterocycles. The van der Waals surface area contributed by atoms with Crippen molar-refractivity contribution in [1.82, 2.24) is 5.32 Å². The highest BCUT2D eigenvalue weighted by atomic mass is 16.6. The van der Waals surface area contributed by atoms with Crippen LogP contribution in [0.1, 0.15) is 29.3 Å². The van der Waals surface area contributed by atoms with Crippen LogP contribution in [0.2, 0.25) is 0 Å². The second kappa shape index (κ2) is 8.08. The van der Waals surface area contributed by atoms with E-state index in [1.54, 1.807) is 48.2 Å². The fourth-order valence-corrected chi connectivity index (χ4v) is 3.16. The lowest BCUT2D eigenvalue weighted by Crippen LogP contribution is -2.37. The van der Waals surface area contributed by atoms with Crippen LogP contribution in [-0.2, 0) is 4.79 Å². The van der Waals surface area contributed by atoms with E-state index in [4.69, 9.17) is 4.74 Å². The first-order valence-corrected chi connectivity index (χ1v) is 8.98. The molecule has 2 amide bonds. The van der Waals surface area contributed by atoms with Crippen molar-refractivity contribution in [3.05, 3.63) is 63.7 Å². The molecule has 28 heavy (non-hydrogen) atoms. The zero-order valence-electron chi connectivity index (χ0n) is 15.7. The van der Waals surface area contributed by atoms with E-state index in [2.05, 4.69) is 5.32 Å². The zero-order valence-corrected chi connectivity index (χ0v) is 15.7. The van der Waals surface area contributed by atoms with Crippen LogP contribution in [0, 0.1) is 17.0 Å². The summed E-state index contributed by atoms with van der Waals surface area (Å²) in [6.07, 6.45) is 0.174. The quantitative estimate of drug-likeness (QED) is 0.610. The van der Waals surface area contributed by atoms with Gasteiger partial charge in [-0.1, -0.05) is 6.07 Å². The Morgan fingerprint density at radius 2 is 2.00 bits per heavy atom. The smallest absolute Gasteiger partial charge is 0.273 e. The molecule has 0 radical (unpaired) electrons. The normalized spacial score (nSPS) is 16.1. The van der Waals surface area contributed by atoms with Crippen LogP contribution in [0.25, 0.3) is 0 Å². The Balaban J connectivity index is 1.68. The van der Waals surface area contributed by atoms with Crippen molar-refractivity contribution in [2.45, 2.75) is 26.3 Å². The molecule has 146 valence electrons. The third-order valence-electron chi connectivity index (χ3n) is 4.59. The summed E-state index contributed by atoms with van der Waals surface area (Å²) in [6.45, 7) is 4.41. The monoisotopic (exact) mass is 383 g/mol. The minimum atomic E-state index is -0.515. The fourth-order valence-electron chi connectivity index (χ4n) is 3.16. The molecular formula is C20H21N3O5. The zero-order chi connectivity index (χ0) is 20.3. The number of amides is 2. The molecule has 8 nitrogen and oxygen atoms in total. The molecule has 1 fully saturated rings. The molecule has 8 heteroatoms. The molecule has 1 N–H and O–H groups in total. The summed E-state index contributed by atoms with van der Waals surface area (Å²) in [5, 5.41) is 13.9. The predicted octanol–water partition coefficient (Wildman–Crippen LogP) is 2.84. The van der Waals surface area contributed by atoms with Crippen molar-refractivity contribution >= 4 is 23.2 Å². The number of anilines is 1. The first-order chi connectivity index (χ1) is 13.4. The lowest BCUT2D eigenvalue weighted by molar-refractivity contribution is -0.385. The minimum Gasteiger partial charge on any atom is -0.494 e. The highest BCUT2D eigenvalue weighted by Gasteiger charge is 2.32. The van der Waals surface area contributed by atoms with Gasteiger partial charge in [0.1, 0.15) is 5.75 Å². The van der Waals surface area contributed by atoms with E-state index in [1.165, 1.54) is 6.07 Å². The first kappa shape index (κ1) is 19.3. The van der Waals surface area contributed by atoms with Crippen LogP contribution in [0.5, 0.6) is 5.75 Å². The molecule has 1 saturated heterocycles. The summed E-state index contributed by atoms with van der Waals surface area (Å²) < 4.78 is 5.40. The number of ether oxygens (including phenoxy) is 1. The van der Waals surface area contributed by atoms with E-state index < -0.39 is 10.8 Å². The number of aryl methyl sites for hydroxylation is 1. The van der Waals surface area contributed by atoms with Gasteiger partial charge in [0.15, 0.2) is 0 Å². The molecule has 2 aromatic rings. The average Bonchev–Trinajstić information content (AvgIpc) is 3.02. The van der Waals surface area contributed by atoms with Gasteiger partial charge in [-0.2, -0.15) is 0 Å². The number of hydrogen-bond acceptors (Lipinski definition) is 5. The third kappa shape index (κ3) is 4.11. The van der Waals surface area contributed by atoms with E-state index >= 15 is 0 Å². The highest BCUT2D eigenvalue weighted by molar-refractivity contribution is 5.99. The van der Waals surface area contributed by atoms with Gasteiger partial charge in [0.05, 0.1) is 17.6 Å². The van der Waals surface area contributed by atoms with Crippen LogP contribution in [0.3, 0.4) is 0 Å². The number of carbonyl (C=O) groups excluding carboxylic acids is 2. The van der Waals surface area contributed by atoms with E-state index in [0.717, 1.165) is 11.4 Å². The molecule has 0 saturated carbocycles. The molecule has 0 bridgehead atoms. The third-order valence-corrected chi connectivity index (χ3v) is 4.59. The predicted molar refractivity (Wildman–Crippen MR) is 104 cm³/mol. The van der Waals surface area contributed by atoms with Gasteiger partial charge in [-0.25, -0.2) is 0 Å². The van der Waals surface area contributed by atoms with Crippen molar-refractivity contribution in [3.8, 4) is 5.75 Å². The van der Waals surface area contributed by atoms with E-state index in [1.807, 2.05) is 6.92 Å². The van der Waals surface area contributed by atoms with Crippen molar-refractivity contribution in [3.63, 3.8) is 0 Å². The molecule has 1 unspecified atom stereocenters. The fraction of sp³-hybridized carbons (Fsp3) is 0.300. The summed E-state index contributed by atoms with van der Waals surface area (Å²) in [4.78, 5) is 37.0. The van der Waals surface area contributed by atoms with Gasteiger partial charge in [-0.15, -0.1) is 0 Å². The molecule has 1 aliphatic rings. The Kier molecular flexibility index (Phi) is 5.58. The van der Waals surface area contributed by atoms with Crippen LogP contribution < -0.4 is 15.0 Å². The SMILES string of the molecule is CCOc1ccc(N2CC(NC(=O)c3ccc(C)c([N+](=O)[O-])c3)CC2=O)cc1. The molecule has 2 aromatic carbocycles. The Morgan fingerprint density at radius 3 is 2.64 bits per heavy atom. The minimum absolute atomic E-state index is 0.0932. The van der Waals surface area contributed by atoms with Gasteiger partial charge in [0, 0.05) is 35.8 Å². The maximum absolute atomic E-state index is 12.5. The van der Waals surface area contributed by atoms with Crippen LogP contribution in [-0.4, -0.2) is 35.9 Å². The number of nitrogens with one attached hydrogen (secondary N) is 1. The maximum Gasteiger partial charge on any atom is 0.273 e. The summed E-state index contributed by atoms with van der Waals surface area (Å²) in [5.74, 6) is 0.197. The molecule has 1 heterocycles. The summed E-state index contributed by atoms with van der Waals surface area (Å²) >= 11 is 0. The number of rotatable bonds is 6. The van der Waals surface area contributed by atoms with Gasteiger partial charge in [0.2, 0.25) is 5.91 Å². The summed E-state index contributed by atoms with van der Waals surface area (Å²) in [6, 6.07) is 11.2. The Bertz CT molecular complexity index is 911. The topological polar surface area (TPSA) is 102 Å². The molecule has 1 atom stereocenters. The van der Waals surface area contributed by atoms with E-state index in [9.17, 15) is 19.7 Å². The molecule has 0 spiro atoms. The Morgan fingerprint density at radius 1 is 1.29 bits per heavy atom. The van der Waals surface area contributed by atoms with Crippen molar-refractivity contribution in [1.29, 1.82) is 0 Å². The number of nitro benzene ring substituents is 1. The van der Waals surface area contributed by atoms with Gasteiger partial charge < -0.3 is 15.0 Å². The second-order valence-electron chi connectivity index (χ2n) is 6.56. The van der Waals surface area contributed by atoms with Crippen molar-refractivity contribution in [2.75, 3.05) is 18.1 Å². The van der Waals surface area contributed by atoms with E-state index in [0.29, 0.717) is 18.7 Å². The van der Waals surface area contributed by atoms with Crippen molar-refractivity contribution < 1.29 is 19.2 Å². The van der Waals surface area contributed by atoms with Gasteiger partial charge >= 0.3 is 0 Å². The number of hydrogen-bond donors (Lipinski definition) is 1. The molecule has 0 aliphatic carbocycles. The van der Waals surface area contributed by atoms with Crippen LogP contribution >= 0.6 is 0 Å². The van der Waals surface area contributed by atoms with Gasteiger partial charge in [-0.3, -0.25) is 19.7 Å². The number of carbonyl (C=O) groups is 2. The number of nitro groups is 1. The van der Waals surface area contributed by atoms with E-state index in [-0.39, 0.29) is 29.6 Å². The maximum atomic E-state index is 12.5. The highest BCUT2D eigenvalue weighted by Crippen LogP contribution is 2.25. The standard InChI is InChI=1S/C20H21N3O5/c1-3-28-17-8-6-16(7-9-17)22-12-15(11-19(22)24)21-20(25)14-5-4-13(2)18(10-14)23(26)27/h4-10,15H,3,11-12H2,1-2H3,(H,21,25). The van der Waals surface area contributed by atoms with Crippen molar-refractivity contribution in [2.24, 2.45) is 0 Å². The lowest BCUT2D eigenvalue weighted by Gasteiger charge is -2.18. The number of nitrogens with zero attached hydrogens (tertiary/aromatic N) is 2. The summed E-state index contributed by atoms with van der Waals surface area (Å²) in [7, 11) is 0. The summed E-state index contributed by atoms with van der Waals surface area (Å²) in [5.41, 5.74) is 1.31. The van der Waals surface area contributed by atoms with Gasteiger partial charge in [0.25, 0.3) is 11.6 Å². The first-order valence-electron chi connectivity index (χ1n) is 8.98. The van der Waals surface area contributed by atoms with Crippen LogP contribution in [0.4, 0.5) is 11.4 Å². The van der Waals surface area contributed by atoms with Gasteiger partial charge in [-0.05, 0) is 44.2 Å². The second-order valence-corrected chi connectivity index (χ2v) is 6.56. The average molecular weight is 383 g/mol. The molecular weight excluding hydrogens is 362 g/mol. The number of benzene rings is 2.